The molecule has 0 aromatic rings. The van der Waals surface area contributed by atoms with Gasteiger partial charge in [-0.2, -0.15) is 0 Å². The van der Waals surface area contributed by atoms with E-state index in [1.54, 1.807) is 0 Å². The van der Waals surface area contributed by atoms with E-state index in [4.69, 9.17) is 9.47 Å². The molecule has 0 amide bonds. The van der Waals surface area contributed by atoms with E-state index in [1.165, 1.54) is 12.8 Å². The maximum Gasteiger partial charge on any atom is 0.0897 e. The van der Waals surface area contributed by atoms with Gasteiger partial charge in [0, 0.05) is 19.7 Å². The first kappa shape index (κ1) is 17.2. The van der Waals surface area contributed by atoms with Crippen LogP contribution in [0.4, 0.5) is 0 Å². The number of aliphatic hydroxyl groups excluding tert-OH is 1. The molecule has 1 saturated carbocycles. The molecular weight excluding hydrogens is 266 g/mol. The van der Waals surface area contributed by atoms with Crippen molar-refractivity contribution in [1.82, 2.24) is 5.32 Å². The second kappa shape index (κ2) is 9.09. The van der Waals surface area contributed by atoms with Crippen LogP contribution < -0.4 is 5.32 Å². The summed E-state index contributed by atoms with van der Waals surface area (Å²) in [6.07, 6.45) is 7.47. The van der Waals surface area contributed by atoms with Crippen LogP contribution in [0.3, 0.4) is 0 Å². The molecule has 5 unspecified atom stereocenters. The normalized spacial score (nSPS) is 35.0. The first-order chi connectivity index (χ1) is 10.2. The molecule has 2 rings (SSSR count). The summed E-state index contributed by atoms with van der Waals surface area (Å²) in [4.78, 5) is 0. The van der Waals surface area contributed by atoms with E-state index in [0.29, 0.717) is 31.3 Å². The second-order valence-corrected chi connectivity index (χ2v) is 6.91. The molecule has 4 nitrogen and oxygen atoms in total. The lowest BCUT2D eigenvalue weighted by molar-refractivity contribution is -0.0309. The van der Waals surface area contributed by atoms with Crippen LogP contribution in [-0.2, 0) is 9.47 Å². The number of rotatable bonds is 8. The van der Waals surface area contributed by atoms with E-state index in [1.807, 2.05) is 0 Å². The summed E-state index contributed by atoms with van der Waals surface area (Å²) in [6.45, 7) is 7.38. The summed E-state index contributed by atoms with van der Waals surface area (Å²) in [5, 5.41) is 13.4. The second-order valence-electron chi connectivity index (χ2n) is 6.91. The van der Waals surface area contributed by atoms with Crippen LogP contribution in [0.25, 0.3) is 0 Å². The first-order valence-corrected chi connectivity index (χ1v) is 8.81. The molecule has 1 saturated heterocycles. The van der Waals surface area contributed by atoms with Crippen LogP contribution in [0.15, 0.2) is 0 Å². The van der Waals surface area contributed by atoms with Gasteiger partial charge in [0.15, 0.2) is 0 Å². The molecule has 1 aliphatic carbocycles. The Bertz CT molecular complexity index is 287. The average Bonchev–Trinajstić information content (AvgIpc) is 2.93. The fourth-order valence-electron chi connectivity index (χ4n) is 3.65. The third-order valence-corrected chi connectivity index (χ3v) is 4.95. The van der Waals surface area contributed by atoms with Gasteiger partial charge in [-0.05, 0) is 37.5 Å². The predicted molar refractivity (Wildman–Crippen MR) is 84.4 cm³/mol. The van der Waals surface area contributed by atoms with Crippen molar-refractivity contribution in [2.24, 2.45) is 11.8 Å². The quantitative estimate of drug-likeness (QED) is 0.722. The average molecular weight is 299 g/mol. The highest BCUT2D eigenvalue weighted by atomic mass is 16.5. The molecule has 2 N–H and O–H groups in total. The number of hydrogen-bond donors (Lipinski definition) is 2. The maximum atomic E-state index is 10.0. The van der Waals surface area contributed by atoms with Crippen molar-refractivity contribution in [2.75, 3.05) is 26.3 Å². The lowest BCUT2D eigenvalue weighted by Crippen LogP contribution is -2.36. The third kappa shape index (κ3) is 5.85. The molecule has 1 heterocycles. The summed E-state index contributed by atoms with van der Waals surface area (Å²) in [6, 6.07) is 0. The number of ether oxygens (including phenoxy) is 2. The van der Waals surface area contributed by atoms with Crippen molar-refractivity contribution in [1.29, 1.82) is 0 Å². The van der Waals surface area contributed by atoms with Gasteiger partial charge in [0.05, 0.1) is 24.9 Å². The van der Waals surface area contributed by atoms with E-state index < -0.39 is 6.10 Å². The van der Waals surface area contributed by atoms with Crippen LogP contribution in [0.2, 0.25) is 0 Å². The van der Waals surface area contributed by atoms with Gasteiger partial charge in [-0.3, -0.25) is 0 Å². The molecule has 2 aliphatic rings. The minimum absolute atomic E-state index is 0.358. The topological polar surface area (TPSA) is 50.7 Å². The first-order valence-electron chi connectivity index (χ1n) is 8.81. The van der Waals surface area contributed by atoms with Gasteiger partial charge in [0.2, 0.25) is 0 Å². The molecule has 0 spiro atoms. The Hall–Kier alpha value is -0.160. The molecule has 4 heteroatoms. The molecule has 0 radical (unpaired) electrons. The lowest BCUT2D eigenvalue weighted by Gasteiger charge is -2.27. The molecule has 0 bridgehead atoms. The highest BCUT2D eigenvalue weighted by Crippen LogP contribution is 2.25. The van der Waals surface area contributed by atoms with Crippen molar-refractivity contribution < 1.29 is 14.6 Å². The number of aliphatic hydroxyl groups is 1. The third-order valence-electron chi connectivity index (χ3n) is 4.95. The molecule has 2 fully saturated rings. The fraction of sp³-hybridized carbons (Fsp3) is 1.00. The monoisotopic (exact) mass is 299 g/mol. The SMILES string of the molecule is CCC1OCCC1CNCC(O)COC1CCCC(C)C1. The molecular formula is C17H33NO3. The number of hydrogen-bond acceptors (Lipinski definition) is 4. The number of nitrogens with one attached hydrogen (secondary N) is 1. The zero-order valence-electron chi connectivity index (χ0n) is 13.7. The van der Waals surface area contributed by atoms with Gasteiger partial charge in [0.25, 0.3) is 0 Å². The van der Waals surface area contributed by atoms with Crippen molar-refractivity contribution in [3.63, 3.8) is 0 Å². The van der Waals surface area contributed by atoms with Crippen LogP contribution >= 0.6 is 0 Å². The maximum absolute atomic E-state index is 10.0. The highest BCUT2D eigenvalue weighted by Gasteiger charge is 2.26. The van der Waals surface area contributed by atoms with Gasteiger partial charge in [-0.1, -0.05) is 26.7 Å². The summed E-state index contributed by atoms with van der Waals surface area (Å²) < 4.78 is 11.5. The van der Waals surface area contributed by atoms with Gasteiger partial charge < -0.3 is 19.9 Å². The summed E-state index contributed by atoms with van der Waals surface area (Å²) in [5.74, 6) is 1.37. The van der Waals surface area contributed by atoms with Gasteiger partial charge in [-0.15, -0.1) is 0 Å². The summed E-state index contributed by atoms with van der Waals surface area (Å²) in [7, 11) is 0. The minimum Gasteiger partial charge on any atom is -0.389 e. The highest BCUT2D eigenvalue weighted by molar-refractivity contribution is 4.77. The smallest absolute Gasteiger partial charge is 0.0897 e. The van der Waals surface area contributed by atoms with Crippen LogP contribution in [0.5, 0.6) is 0 Å². The fourth-order valence-corrected chi connectivity index (χ4v) is 3.65. The van der Waals surface area contributed by atoms with Crippen molar-refractivity contribution in [3.8, 4) is 0 Å². The Morgan fingerprint density at radius 1 is 1.33 bits per heavy atom. The predicted octanol–water partition coefficient (Wildman–Crippen LogP) is 2.35. The largest absolute Gasteiger partial charge is 0.389 e. The van der Waals surface area contributed by atoms with Gasteiger partial charge >= 0.3 is 0 Å². The Balaban J connectivity index is 1.54. The standard InChI is InChI=1S/C17H33NO3/c1-3-17-14(7-8-20-17)10-18-11-15(19)12-21-16-6-4-5-13(2)9-16/h13-19H,3-12H2,1-2H3. The Morgan fingerprint density at radius 2 is 2.19 bits per heavy atom. The van der Waals surface area contributed by atoms with Crippen LogP contribution in [0, 0.1) is 11.8 Å². The Kier molecular flexibility index (Phi) is 7.44. The molecule has 21 heavy (non-hydrogen) atoms. The van der Waals surface area contributed by atoms with E-state index in [-0.39, 0.29) is 0 Å². The molecule has 124 valence electrons. The Labute approximate surface area is 129 Å². The van der Waals surface area contributed by atoms with Gasteiger partial charge in [-0.25, -0.2) is 0 Å². The molecule has 1 aliphatic heterocycles. The van der Waals surface area contributed by atoms with Crippen LogP contribution in [-0.4, -0.2) is 49.7 Å². The lowest BCUT2D eigenvalue weighted by atomic mass is 9.89. The van der Waals surface area contributed by atoms with Crippen molar-refractivity contribution in [2.45, 2.75) is 70.7 Å². The molecule has 0 aromatic heterocycles. The zero-order valence-corrected chi connectivity index (χ0v) is 13.7. The Morgan fingerprint density at radius 3 is 2.95 bits per heavy atom. The van der Waals surface area contributed by atoms with E-state index in [0.717, 1.165) is 44.8 Å². The van der Waals surface area contributed by atoms with E-state index >= 15 is 0 Å². The summed E-state index contributed by atoms with van der Waals surface area (Å²) in [5.41, 5.74) is 0. The molecule has 5 atom stereocenters. The van der Waals surface area contributed by atoms with Crippen molar-refractivity contribution in [3.05, 3.63) is 0 Å². The zero-order chi connectivity index (χ0) is 15.1. The van der Waals surface area contributed by atoms with E-state index in [2.05, 4.69) is 19.2 Å². The summed E-state index contributed by atoms with van der Waals surface area (Å²) >= 11 is 0. The minimum atomic E-state index is -0.398. The van der Waals surface area contributed by atoms with Gasteiger partial charge in [0.1, 0.15) is 0 Å². The van der Waals surface area contributed by atoms with Crippen LogP contribution in [0.1, 0.15) is 52.4 Å². The van der Waals surface area contributed by atoms with E-state index in [9.17, 15) is 5.11 Å². The van der Waals surface area contributed by atoms with Crippen molar-refractivity contribution >= 4 is 0 Å². The molecule has 0 aromatic carbocycles.